The first kappa shape index (κ1) is 13.8. The van der Waals surface area contributed by atoms with E-state index in [-0.39, 0.29) is 11.8 Å². The maximum atomic E-state index is 12.2. The van der Waals surface area contributed by atoms with Crippen molar-refractivity contribution in [3.63, 3.8) is 0 Å². The first-order chi connectivity index (χ1) is 10.3. The van der Waals surface area contributed by atoms with E-state index in [9.17, 15) is 9.59 Å². The smallest absolute Gasteiger partial charge is 0.261 e. The molecule has 1 aromatic heterocycles. The van der Waals surface area contributed by atoms with Crippen molar-refractivity contribution in [2.24, 2.45) is 0 Å². The third-order valence-corrected chi connectivity index (χ3v) is 4.32. The van der Waals surface area contributed by atoms with Crippen LogP contribution in [-0.2, 0) is 0 Å². The van der Waals surface area contributed by atoms with Crippen LogP contribution in [0.15, 0.2) is 53.7 Å². The molecule has 4 nitrogen and oxygen atoms in total. The van der Waals surface area contributed by atoms with E-state index in [4.69, 9.17) is 0 Å². The minimum atomic E-state index is -0.182. The van der Waals surface area contributed by atoms with Crippen LogP contribution in [0.3, 0.4) is 0 Å². The Hall–Kier alpha value is -2.14. The summed E-state index contributed by atoms with van der Waals surface area (Å²) >= 11 is 1.63. The zero-order valence-corrected chi connectivity index (χ0v) is 12.2. The average Bonchev–Trinajstić information content (AvgIpc) is 2.77. The normalized spacial score (nSPS) is 13.6. The summed E-state index contributed by atoms with van der Waals surface area (Å²) in [6.07, 6.45) is 2.51. The summed E-state index contributed by atoms with van der Waals surface area (Å²) in [6, 6.07) is 12.8. The van der Waals surface area contributed by atoms with Crippen molar-refractivity contribution < 1.29 is 9.59 Å². The number of hydrogen-bond donors (Lipinski definition) is 0. The van der Waals surface area contributed by atoms with Crippen molar-refractivity contribution in [1.82, 2.24) is 9.88 Å². The molecule has 0 bridgehead atoms. The Morgan fingerprint density at radius 2 is 1.62 bits per heavy atom. The van der Waals surface area contributed by atoms with Gasteiger partial charge in [-0.15, -0.1) is 11.8 Å². The Bertz CT molecular complexity index is 638. The van der Waals surface area contributed by atoms with E-state index < -0.39 is 0 Å². The van der Waals surface area contributed by atoms with Crippen molar-refractivity contribution in [1.29, 1.82) is 0 Å². The van der Waals surface area contributed by atoms with Gasteiger partial charge in [-0.2, -0.15) is 0 Å². The van der Waals surface area contributed by atoms with Crippen LogP contribution >= 0.6 is 11.8 Å². The molecule has 1 aliphatic rings. The summed E-state index contributed by atoms with van der Waals surface area (Å²) in [5.74, 6) is 0.460. The molecule has 5 heteroatoms. The number of benzene rings is 1. The second kappa shape index (κ2) is 6.10. The van der Waals surface area contributed by atoms with Crippen LogP contribution in [0.2, 0.25) is 0 Å². The number of carbonyl (C=O) groups excluding carboxylic acids is 2. The predicted octanol–water partition coefficient (Wildman–Crippen LogP) is 2.86. The molecule has 0 fully saturated rings. The topological polar surface area (TPSA) is 50.3 Å². The number of carbonyl (C=O) groups is 2. The van der Waals surface area contributed by atoms with Gasteiger partial charge in [0.1, 0.15) is 0 Å². The molecular formula is C16H14N2O2S. The number of imide groups is 1. The third-order valence-electron chi connectivity index (χ3n) is 3.29. The van der Waals surface area contributed by atoms with Crippen LogP contribution in [0.25, 0.3) is 0 Å². The number of nitrogens with zero attached hydrogens (tertiary/aromatic N) is 2. The highest BCUT2D eigenvalue weighted by atomic mass is 32.2. The van der Waals surface area contributed by atoms with Crippen molar-refractivity contribution in [3.8, 4) is 0 Å². The van der Waals surface area contributed by atoms with Crippen LogP contribution < -0.4 is 0 Å². The summed E-state index contributed by atoms with van der Waals surface area (Å²) in [5.41, 5.74) is 1.03. The molecule has 2 aromatic rings. The van der Waals surface area contributed by atoms with Gasteiger partial charge in [-0.25, -0.2) is 4.98 Å². The van der Waals surface area contributed by atoms with E-state index in [2.05, 4.69) is 4.98 Å². The van der Waals surface area contributed by atoms with Gasteiger partial charge in [0.25, 0.3) is 11.8 Å². The van der Waals surface area contributed by atoms with Gasteiger partial charge in [0.2, 0.25) is 0 Å². The maximum absolute atomic E-state index is 12.2. The molecule has 2 amide bonds. The largest absolute Gasteiger partial charge is 0.274 e. The fraction of sp³-hybridized carbons (Fsp3) is 0.188. The standard InChI is InChI=1S/C16H14N2O2S/c19-15-12-6-1-2-7-13(12)16(20)18(15)10-5-11-21-14-8-3-4-9-17-14/h1-4,6-9H,5,10-11H2. The molecule has 3 rings (SSSR count). The highest BCUT2D eigenvalue weighted by Gasteiger charge is 2.34. The number of amides is 2. The zero-order valence-electron chi connectivity index (χ0n) is 11.4. The van der Waals surface area contributed by atoms with Gasteiger partial charge < -0.3 is 0 Å². The molecule has 0 spiro atoms. The van der Waals surface area contributed by atoms with E-state index >= 15 is 0 Å². The fourth-order valence-corrected chi connectivity index (χ4v) is 3.07. The molecule has 0 radical (unpaired) electrons. The van der Waals surface area contributed by atoms with Crippen molar-refractivity contribution in [2.75, 3.05) is 12.3 Å². The molecule has 0 saturated heterocycles. The summed E-state index contributed by atoms with van der Waals surface area (Å²) < 4.78 is 0. The molecule has 106 valence electrons. The second-order valence-corrected chi connectivity index (χ2v) is 5.79. The molecule has 0 atom stereocenters. The van der Waals surface area contributed by atoms with E-state index in [1.165, 1.54) is 4.90 Å². The van der Waals surface area contributed by atoms with Crippen LogP contribution in [-0.4, -0.2) is 34.0 Å². The maximum Gasteiger partial charge on any atom is 0.261 e. The highest BCUT2D eigenvalue weighted by molar-refractivity contribution is 7.99. The van der Waals surface area contributed by atoms with Gasteiger partial charge >= 0.3 is 0 Å². The van der Waals surface area contributed by atoms with Gasteiger partial charge in [-0.05, 0) is 30.7 Å². The van der Waals surface area contributed by atoms with Gasteiger partial charge in [-0.1, -0.05) is 18.2 Å². The quantitative estimate of drug-likeness (QED) is 0.484. The van der Waals surface area contributed by atoms with Crippen LogP contribution in [0.5, 0.6) is 0 Å². The fourth-order valence-electron chi connectivity index (χ4n) is 2.27. The number of thioether (sulfide) groups is 1. The lowest BCUT2D eigenvalue weighted by Crippen LogP contribution is -2.30. The minimum absolute atomic E-state index is 0.182. The van der Waals surface area contributed by atoms with Gasteiger partial charge in [0.05, 0.1) is 16.2 Å². The summed E-state index contributed by atoms with van der Waals surface area (Å²) in [4.78, 5) is 29.9. The van der Waals surface area contributed by atoms with Crippen LogP contribution in [0.4, 0.5) is 0 Å². The molecular weight excluding hydrogens is 284 g/mol. The molecule has 0 saturated carbocycles. The Kier molecular flexibility index (Phi) is 4.01. The lowest BCUT2D eigenvalue weighted by Gasteiger charge is -2.13. The Labute approximate surface area is 127 Å². The summed E-state index contributed by atoms with van der Waals surface area (Å²) in [6.45, 7) is 0.451. The van der Waals surface area contributed by atoms with Gasteiger partial charge in [0.15, 0.2) is 0 Å². The number of fused-ring (bicyclic) bond motifs is 1. The summed E-state index contributed by atoms with van der Waals surface area (Å²) in [5, 5.41) is 0.958. The van der Waals surface area contributed by atoms with Crippen molar-refractivity contribution in [2.45, 2.75) is 11.4 Å². The molecule has 0 unspecified atom stereocenters. The zero-order chi connectivity index (χ0) is 14.7. The molecule has 0 aliphatic carbocycles. The lowest BCUT2D eigenvalue weighted by molar-refractivity contribution is 0.0655. The van der Waals surface area contributed by atoms with E-state index in [1.54, 1.807) is 42.2 Å². The van der Waals surface area contributed by atoms with Crippen LogP contribution in [0.1, 0.15) is 27.1 Å². The van der Waals surface area contributed by atoms with Crippen molar-refractivity contribution >= 4 is 23.6 Å². The lowest BCUT2D eigenvalue weighted by atomic mass is 10.1. The van der Waals surface area contributed by atoms with E-state index in [1.807, 2.05) is 18.2 Å². The monoisotopic (exact) mass is 298 g/mol. The number of hydrogen-bond acceptors (Lipinski definition) is 4. The average molecular weight is 298 g/mol. The van der Waals surface area contributed by atoms with E-state index in [0.717, 1.165) is 17.2 Å². The third kappa shape index (κ3) is 2.83. The Balaban J connectivity index is 1.55. The molecule has 21 heavy (non-hydrogen) atoms. The van der Waals surface area contributed by atoms with Gasteiger partial charge in [-0.3, -0.25) is 14.5 Å². The predicted molar refractivity (Wildman–Crippen MR) is 81.4 cm³/mol. The molecule has 0 N–H and O–H groups in total. The Morgan fingerprint density at radius 3 is 2.24 bits per heavy atom. The molecule has 2 heterocycles. The highest BCUT2D eigenvalue weighted by Crippen LogP contribution is 2.23. The second-order valence-electron chi connectivity index (χ2n) is 4.68. The molecule has 1 aliphatic heterocycles. The first-order valence-electron chi connectivity index (χ1n) is 6.76. The number of pyridine rings is 1. The van der Waals surface area contributed by atoms with Crippen LogP contribution in [0, 0.1) is 0 Å². The number of rotatable bonds is 5. The number of aromatic nitrogens is 1. The Morgan fingerprint density at radius 1 is 0.952 bits per heavy atom. The van der Waals surface area contributed by atoms with Crippen molar-refractivity contribution in [3.05, 3.63) is 59.8 Å². The minimum Gasteiger partial charge on any atom is -0.274 e. The van der Waals surface area contributed by atoms with E-state index in [0.29, 0.717) is 17.7 Å². The molecule has 1 aromatic carbocycles. The first-order valence-corrected chi connectivity index (χ1v) is 7.75. The SMILES string of the molecule is O=C1c2ccccc2C(=O)N1CCCSc1ccccn1. The van der Waals surface area contributed by atoms with Gasteiger partial charge in [0, 0.05) is 18.5 Å². The summed E-state index contributed by atoms with van der Waals surface area (Å²) in [7, 11) is 0.